The summed E-state index contributed by atoms with van der Waals surface area (Å²) >= 11 is 0. The average molecular weight is 544 g/mol. The molecule has 3 rings (SSSR count). The van der Waals surface area contributed by atoms with Crippen molar-refractivity contribution >= 4 is 40.6 Å². The van der Waals surface area contributed by atoms with Crippen LogP contribution in [0.25, 0.3) is 11.0 Å². The van der Waals surface area contributed by atoms with E-state index in [0.717, 1.165) is 0 Å². The number of nitrogens with one attached hydrogen (secondary N) is 3. The van der Waals surface area contributed by atoms with Crippen LogP contribution in [-0.2, 0) is 19.2 Å². The van der Waals surface area contributed by atoms with Crippen LogP contribution in [0.5, 0.6) is 0 Å². The maximum Gasteiger partial charge on any atom is 0.272 e. The van der Waals surface area contributed by atoms with Crippen molar-refractivity contribution in [3.63, 3.8) is 0 Å². The minimum absolute atomic E-state index is 0.0897. The van der Waals surface area contributed by atoms with E-state index in [1.807, 2.05) is 0 Å². The van der Waals surface area contributed by atoms with E-state index in [2.05, 4.69) is 25.9 Å². The Morgan fingerprint density at radius 1 is 1.10 bits per heavy atom. The number of nitrogens with zero attached hydrogens (tertiary/aromatic N) is 3. The Hall–Kier alpha value is -4.17. The summed E-state index contributed by atoms with van der Waals surface area (Å²) in [5.74, 6) is -3.72. The van der Waals surface area contributed by atoms with Crippen LogP contribution in [0.1, 0.15) is 43.6 Å². The van der Waals surface area contributed by atoms with E-state index in [9.17, 15) is 34.2 Å². The van der Waals surface area contributed by atoms with Gasteiger partial charge in [-0.2, -0.15) is 0 Å². The van der Waals surface area contributed by atoms with Gasteiger partial charge in [-0.1, -0.05) is 12.1 Å². The standard InChI is InChI=1S/C25H33N7O7/c1-13(12-33)28-24(38)19-8-5-9-32(19)25(39)21(35)14(2)29-22(36)17(10-20(26)34)31-23(37)18-11-27-15-6-3-4-7-16(15)30-18/h3-4,6-7,11,13-14,17,19,21,33,35H,5,8-10,12H2,1-2H3,(H2,26,34)(H,28,38)(H,29,36)(H,31,37)/t13-,14-,17-,19-,21-/m0/s1. The van der Waals surface area contributed by atoms with Gasteiger partial charge >= 0.3 is 0 Å². The molecule has 14 heteroatoms. The smallest absolute Gasteiger partial charge is 0.272 e. The van der Waals surface area contributed by atoms with Gasteiger partial charge in [-0.25, -0.2) is 4.98 Å². The lowest BCUT2D eigenvalue weighted by Crippen LogP contribution is -2.57. The second kappa shape index (κ2) is 13.1. The molecular formula is C25H33N7O7. The number of carbonyl (C=O) groups excluding carboxylic acids is 5. The van der Waals surface area contributed by atoms with Crippen LogP contribution in [0, 0.1) is 0 Å². The van der Waals surface area contributed by atoms with Crippen molar-refractivity contribution in [1.82, 2.24) is 30.8 Å². The molecule has 210 valence electrons. The molecule has 7 N–H and O–H groups in total. The number of hydrogen-bond acceptors (Lipinski definition) is 9. The zero-order chi connectivity index (χ0) is 28.7. The van der Waals surface area contributed by atoms with E-state index in [1.165, 1.54) is 18.0 Å². The summed E-state index contributed by atoms with van der Waals surface area (Å²) < 4.78 is 0. The second-order valence-electron chi connectivity index (χ2n) is 9.46. The molecule has 0 saturated carbocycles. The van der Waals surface area contributed by atoms with Gasteiger partial charge in [-0.15, -0.1) is 0 Å². The fourth-order valence-electron chi connectivity index (χ4n) is 4.18. The molecular weight excluding hydrogens is 510 g/mol. The highest BCUT2D eigenvalue weighted by Gasteiger charge is 2.39. The molecule has 2 aromatic rings. The summed E-state index contributed by atoms with van der Waals surface area (Å²) in [6.07, 6.45) is -0.115. The molecule has 0 radical (unpaired) electrons. The topological polar surface area (TPSA) is 217 Å². The van der Waals surface area contributed by atoms with Gasteiger partial charge in [-0.3, -0.25) is 29.0 Å². The van der Waals surface area contributed by atoms with Gasteiger partial charge in [0.25, 0.3) is 11.8 Å². The Morgan fingerprint density at radius 2 is 1.79 bits per heavy atom. The molecule has 0 bridgehead atoms. The third-order valence-electron chi connectivity index (χ3n) is 6.31. The van der Waals surface area contributed by atoms with Crippen molar-refractivity contribution in [2.75, 3.05) is 13.2 Å². The molecule has 1 aliphatic heterocycles. The second-order valence-corrected chi connectivity index (χ2v) is 9.46. The molecule has 5 atom stereocenters. The summed E-state index contributed by atoms with van der Waals surface area (Å²) in [5.41, 5.74) is 6.20. The number of aliphatic hydroxyl groups is 2. The van der Waals surface area contributed by atoms with Crippen LogP contribution >= 0.6 is 0 Å². The molecule has 0 aliphatic carbocycles. The summed E-state index contributed by atoms with van der Waals surface area (Å²) in [6.45, 7) is 2.95. The largest absolute Gasteiger partial charge is 0.394 e. The van der Waals surface area contributed by atoms with Gasteiger partial charge in [0.2, 0.25) is 17.7 Å². The summed E-state index contributed by atoms with van der Waals surface area (Å²) in [6, 6.07) is 2.98. The van der Waals surface area contributed by atoms with Crippen molar-refractivity contribution in [3.8, 4) is 0 Å². The molecule has 14 nitrogen and oxygen atoms in total. The van der Waals surface area contributed by atoms with Gasteiger partial charge in [-0.05, 0) is 38.8 Å². The molecule has 39 heavy (non-hydrogen) atoms. The summed E-state index contributed by atoms with van der Waals surface area (Å²) in [5, 5.41) is 27.3. The van der Waals surface area contributed by atoms with Crippen LogP contribution in [0.4, 0.5) is 0 Å². The van der Waals surface area contributed by atoms with Crippen molar-refractivity contribution in [3.05, 3.63) is 36.2 Å². The number of para-hydroxylation sites is 2. The van der Waals surface area contributed by atoms with E-state index in [0.29, 0.717) is 23.9 Å². The normalized spacial score (nSPS) is 18.1. The first-order chi connectivity index (χ1) is 18.5. The predicted octanol–water partition coefficient (Wildman–Crippen LogP) is -2.04. The molecule has 1 saturated heterocycles. The fourth-order valence-corrected chi connectivity index (χ4v) is 4.18. The van der Waals surface area contributed by atoms with Gasteiger partial charge in [0.15, 0.2) is 6.10 Å². The Bertz CT molecular complexity index is 1240. The number of nitrogens with two attached hydrogens (primary N) is 1. The van der Waals surface area contributed by atoms with Crippen molar-refractivity contribution in [1.29, 1.82) is 0 Å². The summed E-state index contributed by atoms with van der Waals surface area (Å²) in [4.78, 5) is 72.4. The van der Waals surface area contributed by atoms with Gasteiger partial charge < -0.3 is 36.8 Å². The molecule has 2 heterocycles. The molecule has 1 aliphatic rings. The highest BCUT2D eigenvalue weighted by atomic mass is 16.3. The molecule has 0 unspecified atom stereocenters. The maximum absolute atomic E-state index is 13.0. The zero-order valence-electron chi connectivity index (χ0n) is 21.7. The fraction of sp³-hybridized carbons (Fsp3) is 0.480. The number of likely N-dealkylation sites (tertiary alicyclic amines) is 1. The maximum atomic E-state index is 13.0. The first-order valence-electron chi connectivity index (χ1n) is 12.5. The number of amides is 5. The van der Waals surface area contributed by atoms with Crippen LogP contribution in [0.3, 0.4) is 0 Å². The number of rotatable bonds is 11. The molecule has 1 aromatic carbocycles. The highest BCUT2D eigenvalue weighted by Crippen LogP contribution is 2.19. The third-order valence-corrected chi connectivity index (χ3v) is 6.31. The number of benzene rings is 1. The number of fused-ring (bicyclic) bond motifs is 1. The van der Waals surface area contributed by atoms with Gasteiger partial charge in [0.1, 0.15) is 17.8 Å². The quantitative estimate of drug-likeness (QED) is 0.184. The number of aromatic nitrogens is 2. The lowest BCUT2D eigenvalue weighted by Gasteiger charge is -2.30. The van der Waals surface area contributed by atoms with Crippen LogP contribution in [0.15, 0.2) is 30.5 Å². The molecule has 0 spiro atoms. The van der Waals surface area contributed by atoms with Crippen LogP contribution in [0.2, 0.25) is 0 Å². The highest BCUT2D eigenvalue weighted by molar-refractivity contribution is 5.98. The lowest BCUT2D eigenvalue weighted by atomic mass is 10.1. The van der Waals surface area contributed by atoms with E-state index in [-0.39, 0.29) is 18.8 Å². The minimum Gasteiger partial charge on any atom is -0.394 e. The average Bonchev–Trinajstić information content (AvgIpc) is 3.41. The first kappa shape index (κ1) is 29.4. The first-order valence-corrected chi connectivity index (χ1v) is 12.5. The minimum atomic E-state index is -1.71. The SMILES string of the molecule is C[C@H](NC(=O)[C@H](CC(N)=O)NC(=O)c1cnc2ccccc2n1)[C@H](O)C(=O)N1CCC[C@H]1C(=O)N[C@@H](C)CO. The number of aliphatic hydroxyl groups excluding tert-OH is 2. The Labute approximate surface area is 224 Å². The third kappa shape index (κ3) is 7.45. The van der Waals surface area contributed by atoms with Gasteiger partial charge in [0, 0.05) is 12.6 Å². The zero-order valence-corrected chi connectivity index (χ0v) is 21.7. The monoisotopic (exact) mass is 543 g/mol. The van der Waals surface area contributed by atoms with Crippen LogP contribution in [-0.4, -0.2) is 98.0 Å². The Kier molecular flexibility index (Phi) is 9.84. The van der Waals surface area contributed by atoms with Crippen molar-refractivity contribution < 1.29 is 34.2 Å². The van der Waals surface area contributed by atoms with E-state index >= 15 is 0 Å². The predicted molar refractivity (Wildman–Crippen MR) is 138 cm³/mol. The van der Waals surface area contributed by atoms with Crippen molar-refractivity contribution in [2.24, 2.45) is 5.73 Å². The van der Waals surface area contributed by atoms with E-state index in [1.54, 1.807) is 31.2 Å². The number of hydrogen-bond donors (Lipinski definition) is 6. The van der Waals surface area contributed by atoms with E-state index < -0.39 is 66.2 Å². The lowest BCUT2D eigenvalue weighted by molar-refractivity contribution is -0.147. The Balaban J connectivity index is 1.65. The molecule has 1 fully saturated rings. The van der Waals surface area contributed by atoms with E-state index in [4.69, 9.17) is 5.73 Å². The van der Waals surface area contributed by atoms with Crippen molar-refractivity contribution in [2.45, 2.75) is 63.4 Å². The molecule has 1 aromatic heterocycles. The Morgan fingerprint density at radius 3 is 2.46 bits per heavy atom. The van der Waals surface area contributed by atoms with Gasteiger partial charge in [0.05, 0.1) is 36.3 Å². The molecule has 5 amide bonds. The van der Waals surface area contributed by atoms with Crippen LogP contribution < -0.4 is 21.7 Å². The summed E-state index contributed by atoms with van der Waals surface area (Å²) in [7, 11) is 0. The number of carbonyl (C=O) groups is 5. The number of primary amides is 1.